The van der Waals surface area contributed by atoms with Gasteiger partial charge in [-0.1, -0.05) is 0 Å². The molecule has 0 atom stereocenters. The van der Waals surface area contributed by atoms with Gasteiger partial charge >= 0.3 is 0 Å². The molecule has 0 aliphatic carbocycles. The Hall–Kier alpha value is -0.920. The maximum absolute atomic E-state index is 5.27. The van der Waals surface area contributed by atoms with E-state index in [2.05, 4.69) is 0 Å². The Morgan fingerprint density at radius 2 is 2.44 bits per heavy atom. The van der Waals surface area contributed by atoms with Gasteiger partial charge in [0.1, 0.15) is 12.4 Å². The Morgan fingerprint density at radius 1 is 1.44 bits per heavy atom. The van der Waals surface area contributed by atoms with Gasteiger partial charge in [-0.15, -0.1) is 0 Å². The van der Waals surface area contributed by atoms with Gasteiger partial charge < -0.3 is 9.47 Å². The standard InChI is InChI=1S/C7H8O2/c1-4-9-7-2-3-8-5-6(1)7/h2-3H,1,4-5H2. The lowest BCUT2D eigenvalue weighted by molar-refractivity contribution is 0.243. The fraction of sp³-hybridized carbons (Fsp3) is 0.429. The summed E-state index contributed by atoms with van der Waals surface area (Å²) in [4.78, 5) is 0. The van der Waals surface area contributed by atoms with Crippen molar-refractivity contribution >= 4 is 0 Å². The van der Waals surface area contributed by atoms with Crippen molar-refractivity contribution in [2.24, 2.45) is 0 Å². The van der Waals surface area contributed by atoms with E-state index >= 15 is 0 Å². The number of ether oxygens (including phenoxy) is 2. The van der Waals surface area contributed by atoms with Gasteiger partial charge in [0.25, 0.3) is 0 Å². The van der Waals surface area contributed by atoms with Crippen molar-refractivity contribution in [3.63, 3.8) is 0 Å². The van der Waals surface area contributed by atoms with Crippen LogP contribution in [0.3, 0.4) is 0 Å². The number of rotatable bonds is 0. The molecule has 0 saturated heterocycles. The zero-order chi connectivity index (χ0) is 6.10. The summed E-state index contributed by atoms with van der Waals surface area (Å²) >= 11 is 0. The molecule has 0 N–H and O–H groups in total. The first-order valence-corrected chi connectivity index (χ1v) is 3.10. The van der Waals surface area contributed by atoms with Gasteiger partial charge in [-0.2, -0.15) is 0 Å². The lowest BCUT2D eigenvalue weighted by Gasteiger charge is -2.06. The summed E-state index contributed by atoms with van der Waals surface area (Å²) in [6.07, 6.45) is 4.61. The molecule has 0 fully saturated rings. The van der Waals surface area contributed by atoms with Gasteiger partial charge in [-0.05, 0) is 0 Å². The van der Waals surface area contributed by atoms with E-state index in [9.17, 15) is 0 Å². The average Bonchev–Trinajstić information content (AvgIpc) is 2.33. The Labute approximate surface area is 53.8 Å². The fourth-order valence-electron chi connectivity index (χ4n) is 1.08. The molecular weight excluding hydrogens is 116 g/mol. The second kappa shape index (κ2) is 1.79. The summed E-state index contributed by atoms with van der Waals surface area (Å²) in [6, 6.07) is 0. The molecule has 2 rings (SSSR count). The normalized spacial score (nSPS) is 23.1. The minimum Gasteiger partial charge on any atom is -0.497 e. The van der Waals surface area contributed by atoms with E-state index in [1.54, 1.807) is 6.26 Å². The van der Waals surface area contributed by atoms with Crippen LogP contribution >= 0.6 is 0 Å². The van der Waals surface area contributed by atoms with E-state index in [4.69, 9.17) is 9.47 Å². The molecule has 0 unspecified atom stereocenters. The smallest absolute Gasteiger partial charge is 0.125 e. The average molecular weight is 124 g/mol. The molecule has 0 amide bonds. The van der Waals surface area contributed by atoms with Crippen LogP contribution in [0.4, 0.5) is 0 Å². The Kier molecular flexibility index (Phi) is 0.979. The maximum Gasteiger partial charge on any atom is 0.125 e. The maximum atomic E-state index is 5.27. The highest BCUT2D eigenvalue weighted by molar-refractivity contribution is 5.25. The van der Waals surface area contributed by atoms with E-state index in [0.717, 1.165) is 25.4 Å². The molecule has 0 aromatic carbocycles. The van der Waals surface area contributed by atoms with Crippen LogP contribution in [0, 0.1) is 0 Å². The number of allylic oxidation sites excluding steroid dienone is 1. The molecule has 0 bridgehead atoms. The molecule has 2 aliphatic rings. The van der Waals surface area contributed by atoms with Crippen molar-refractivity contribution in [1.82, 2.24) is 0 Å². The molecular formula is C7H8O2. The van der Waals surface area contributed by atoms with E-state index in [1.807, 2.05) is 6.08 Å². The first-order chi connectivity index (χ1) is 4.47. The summed E-state index contributed by atoms with van der Waals surface area (Å²) in [5.74, 6) is 1.03. The van der Waals surface area contributed by atoms with Crippen molar-refractivity contribution in [2.75, 3.05) is 13.2 Å². The monoisotopic (exact) mass is 124 g/mol. The van der Waals surface area contributed by atoms with Gasteiger partial charge in [0.05, 0.1) is 12.9 Å². The second-order valence-corrected chi connectivity index (χ2v) is 2.18. The molecule has 0 saturated carbocycles. The van der Waals surface area contributed by atoms with Crippen LogP contribution < -0.4 is 0 Å². The molecule has 0 radical (unpaired) electrons. The molecule has 48 valence electrons. The summed E-state index contributed by atoms with van der Waals surface area (Å²) in [5, 5.41) is 0. The van der Waals surface area contributed by atoms with Gasteiger partial charge in [0.15, 0.2) is 0 Å². The highest BCUT2D eigenvalue weighted by Gasteiger charge is 2.15. The van der Waals surface area contributed by atoms with Crippen molar-refractivity contribution in [3.8, 4) is 0 Å². The molecule has 2 nitrogen and oxygen atoms in total. The van der Waals surface area contributed by atoms with Crippen LogP contribution in [0.2, 0.25) is 0 Å². The zero-order valence-electron chi connectivity index (χ0n) is 5.09. The Balaban J connectivity index is 2.28. The minimum atomic E-state index is 0.728. The highest BCUT2D eigenvalue weighted by Crippen LogP contribution is 2.22. The molecule has 0 aromatic rings. The third-order valence-electron chi connectivity index (χ3n) is 1.58. The SMILES string of the molecule is C1=CC2=C(CCO2)CO1. The first-order valence-electron chi connectivity index (χ1n) is 3.10. The van der Waals surface area contributed by atoms with E-state index in [-0.39, 0.29) is 0 Å². The fourth-order valence-corrected chi connectivity index (χ4v) is 1.08. The van der Waals surface area contributed by atoms with Gasteiger partial charge in [-0.25, -0.2) is 0 Å². The van der Waals surface area contributed by atoms with Crippen molar-refractivity contribution in [1.29, 1.82) is 0 Å². The van der Waals surface area contributed by atoms with Crippen LogP contribution in [-0.4, -0.2) is 13.2 Å². The molecule has 2 heterocycles. The predicted octanol–water partition coefficient (Wildman–Crippen LogP) is 1.20. The molecule has 0 aromatic heterocycles. The Bertz CT molecular complexity index is 179. The van der Waals surface area contributed by atoms with Gasteiger partial charge in [0.2, 0.25) is 0 Å². The second-order valence-electron chi connectivity index (χ2n) is 2.18. The van der Waals surface area contributed by atoms with Crippen molar-refractivity contribution in [2.45, 2.75) is 6.42 Å². The predicted molar refractivity (Wildman–Crippen MR) is 32.7 cm³/mol. The van der Waals surface area contributed by atoms with Crippen LogP contribution in [0.15, 0.2) is 23.7 Å². The number of hydrogen-bond acceptors (Lipinski definition) is 2. The number of hydrogen-bond donors (Lipinski definition) is 0. The summed E-state index contributed by atoms with van der Waals surface area (Å²) < 4.78 is 10.3. The third kappa shape index (κ3) is 0.707. The topological polar surface area (TPSA) is 18.5 Å². The van der Waals surface area contributed by atoms with E-state index < -0.39 is 0 Å². The minimum absolute atomic E-state index is 0.728. The van der Waals surface area contributed by atoms with Crippen molar-refractivity contribution in [3.05, 3.63) is 23.7 Å². The van der Waals surface area contributed by atoms with Crippen molar-refractivity contribution < 1.29 is 9.47 Å². The van der Waals surface area contributed by atoms with Crippen LogP contribution in [0.25, 0.3) is 0 Å². The molecule has 2 aliphatic heterocycles. The van der Waals surface area contributed by atoms with Gasteiger partial charge in [-0.3, -0.25) is 0 Å². The molecule has 0 spiro atoms. The summed E-state index contributed by atoms with van der Waals surface area (Å²) in [6.45, 7) is 1.56. The van der Waals surface area contributed by atoms with Crippen LogP contribution in [0.1, 0.15) is 6.42 Å². The lowest BCUT2D eigenvalue weighted by Crippen LogP contribution is -1.97. The highest BCUT2D eigenvalue weighted by atomic mass is 16.5. The van der Waals surface area contributed by atoms with E-state index in [0.29, 0.717) is 0 Å². The zero-order valence-corrected chi connectivity index (χ0v) is 5.09. The first kappa shape index (κ1) is 4.91. The summed E-state index contributed by atoms with van der Waals surface area (Å²) in [5.41, 5.74) is 1.30. The third-order valence-corrected chi connectivity index (χ3v) is 1.58. The van der Waals surface area contributed by atoms with Crippen LogP contribution in [0.5, 0.6) is 0 Å². The molecule has 2 heteroatoms. The largest absolute Gasteiger partial charge is 0.497 e. The molecule has 9 heavy (non-hydrogen) atoms. The van der Waals surface area contributed by atoms with Crippen LogP contribution in [-0.2, 0) is 9.47 Å². The van der Waals surface area contributed by atoms with E-state index in [1.165, 1.54) is 5.57 Å². The quantitative estimate of drug-likeness (QED) is 0.483. The summed E-state index contributed by atoms with van der Waals surface area (Å²) in [7, 11) is 0. The Morgan fingerprint density at radius 3 is 3.33 bits per heavy atom. The van der Waals surface area contributed by atoms with Gasteiger partial charge in [0, 0.05) is 18.1 Å². The lowest BCUT2D eigenvalue weighted by atomic mass is 10.2.